The average Bonchev–Trinajstić information content (AvgIpc) is 2.30. The van der Waals surface area contributed by atoms with Gasteiger partial charge < -0.3 is 5.32 Å². The Morgan fingerprint density at radius 1 is 1.28 bits per heavy atom. The van der Waals surface area contributed by atoms with E-state index in [1.165, 1.54) is 12.1 Å². The van der Waals surface area contributed by atoms with Crippen molar-refractivity contribution in [1.82, 2.24) is 4.98 Å². The molecule has 2 rings (SSSR count). The average molecular weight is 313 g/mol. The summed E-state index contributed by atoms with van der Waals surface area (Å²) in [7, 11) is 0. The molecule has 1 N–H and O–H groups in total. The predicted molar refractivity (Wildman–Crippen MR) is 70.4 cm³/mol. The fourth-order valence-electron chi connectivity index (χ4n) is 1.58. The lowest BCUT2D eigenvalue weighted by atomic mass is 10.1. The number of pyridine rings is 1. The molecule has 2 nitrogen and oxygen atoms in total. The van der Waals surface area contributed by atoms with E-state index in [2.05, 4.69) is 26.2 Å². The summed E-state index contributed by atoms with van der Waals surface area (Å²) in [6.45, 7) is 2.25. The smallest absolute Gasteiger partial charge is 0.150 e. The maximum Gasteiger partial charge on any atom is 0.150 e. The van der Waals surface area contributed by atoms with Crippen LogP contribution in [0.3, 0.4) is 0 Å². The minimum Gasteiger partial charge on any atom is -0.376 e. The number of nitrogens with zero attached hydrogens (tertiary/aromatic N) is 1. The fourth-order valence-corrected chi connectivity index (χ4v) is 1.98. The number of aryl methyl sites for hydroxylation is 1. The van der Waals surface area contributed by atoms with Crippen molar-refractivity contribution in [2.75, 3.05) is 5.32 Å². The zero-order valence-electron chi connectivity index (χ0n) is 9.67. The summed E-state index contributed by atoms with van der Waals surface area (Å²) in [6, 6.07) is 4.30. The Morgan fingerprint density at radius 2 is 1.94 bits per heavy atom. The SMILES string of the molecule is Cc1ccncc1CNc1c(F)cc(Br)cc1F. The summed E-state index contributed by atoms with van der Waals surface area (Å²) in [5, 5.41) is 2.75. The van der Waals surface area contributed by atoms with E-state index in [1.54, 1.807) is 12.4 Å². The molecule has 0 unspecified atom stereocenters. The topological polar surface area (TPSA) is 24.9 Å². The molecule has 94 valence electrons. The highest BCUT2D eigenvalue weighted by Gasteiger charge is 2.10. The molecule has 0 saturated carbocycles. The highest BCUT2D eigenvalue weighted by Crippen LogP contribution is 2.24. The molecule has 0 aliphatic carbocycles. The van der Waals surface area contributed by atoms with Crippen molar-refractivity contribution in [2.24, 2.45) is 0 Å². The maximum absolute atomic E-state index is 13.6. The van der Waals surface area contributed by atoms with Crippen molar-refractivity contribution in [3.05, 3.63) is 57.8 Å². The number of anilines is 1. The second-order valence-corrected chi connectivity index (χ2v) is 4.82. The van der Waals surface area contributed by atoms with E-state index < -0.39 is 11.6 Å². The molecule has 5 heteroatoms. The molecule has 1 heterocycles. The quantitative estimate of drug-likeness (QED) is 0.925. The molecule has 0 spiro atoms. The molecular weight excluding hydrogens is 302 g/mol. The van der Waals surface area contributed by atoms with Gasteiger partial charge in [0.1, 0.15) is 17.3 Å². The second-order valence-electron chi connectivity index (χ2n) is 3.90. The molecule has 0 fully saturated rings. The van der Waals surface area contributed by atoms with E-state index in [0.29, 0.717) is 11.0 Å². The zero-order valence-corrected chi connectivity index (χ0v) is 11.3. The van der Waals surface area contributed by atoms with Gasteiger partial charge in [0.05, 0.1) is 0 Å². The van der Waals surface area contributed by atoms with Crippen molar-refractivity contribution >= 4 is 21.6 Å². The lowest BCUT2D eigenvalue weighted by Gasteiger charge is -2.10. The van der Waals surface area contributed by atoms with E-state index in [-0.39, 0.29) is 5.69 Å². The molecule has 0 aliphatic rings. The van der Waals surface area contributed by atoms with E-state index >= 15 is 0 Å². The van der Waals surface area contributed by atoms with Crippen molar-refractivity contribution in [3.8, 4) is 0 Å². The number of hydrogen-bond donors (Lipinski definition) is 1. The van der Waals surface area contributed by atoms with Gasteiger partial charge in [0.15, 0.2) is 0 Å². The fraction of sp³-hybridized carbons (Fsp3) is 0.154. The Kier molecular flexibility index (Phi) is 3.91. The van der Waals surface area contributed by atoms with Gasteiger partial charge in [-0.1, -0.05) is 15.9 Å². The number of benzene rings is 1. The minimum absolute atomic E-state index is 0.124. The predicted octanol–water partition coefficient (Wildman–Crippen LogP) is 4.04. The van der Waals surface area contributed by atoms with Crippen LogP contribution in [0.25, 0.3) is 0 Å². The normalized spacial score (nSPS) is 10.4. The van der Waals surface area contributed by atoms with Gasteiger partial charge in [0.2, 0.25) is 0 Å². The lowest BCUT2D eigenvalue weighted by molar-refractivity contribution is 0.586. The van der Waals surface area contributed by atoms with Crippen LogP contribution in [0.4, 0.5) is 14.5 Å². The molecule has 0 radical (unpaired) electrons. The first-order valence-corrected chi connectivity index (χ1v) is 6.15. The number of rotatable bonds is 3. The Morgan fingerprint density at radius 3 is 2.56 bits per heavy atom. The van der Waals surface area contributed by atoms with Crippen molar-refractivity contribution in [2.45, 2.75) is 13.5 Å². The largest absolute Gasteiger partial charge is 0.376 e. The first kappa shape index (κ1) is 13.0. The van der Waals surface area contributed by atoms with Crippen LogP contribution in [0.1, 0.15) is 11.1 Å². The minimum atomic E-state index is -0.622. The monoisotopic (exact) mass is 312 g/mol. The highest BCUT2D eigenvalue weighted by atomic mass is 79.9. The first-order chi connectivity index (χ1) is 8.58. The molecule has 2 aromatic rings. The van der Waals surface area contributed by atoms with Gasteiger partial charge in [-0.25, -0.2) is 8.78 Å². The van der Waals surface area contributed by atoms with Crippen LogP contribution >= 0.6 is 15.9 Å². The summed E-state index contributed by atoms with van der Waals surface area (Å²) in [4.78, 5) is 3.98. The van der Waals surface area contributed by atoms with Crippen LogP contribution in [0.5, 0.6) is 0 Å². The Hall–Kier alpha value is -1.49. The molecule has 0 atom stereocenters. The third kappa shape index (κ3) is 2.85. The molecule has 1 aromatic heterocycles. The van der Waals surface area contributed by atoms with E-state index in [1.807, 2.05) is 13.0 Å². The molecule has 0 saturated heterocycles. The van der Waals surface area contributed by atoms with Crippen molar-refractivity contribution in [3.63, 3.8) is 0 Å². The molecule has 18 heavy (non-hydrogen) atoms. The van der Waals surface area contributed by atoms with Crippen LogP contribution in [0.2, 0.25) is 0 Å². The number of hydrogen-bond acceptors (Lipinski definition) is 2. The number of aromatic nitrogens is 1. The highest BCUT2D eigenvalue weighted by molar-refractivity contribution is 9.10. The van der Waals surface area contributed by atoms with Gasteiger partial charge in [-0.05, 0) is 36.2 Å². The molecule has 0 amide bonds. The Balaban J connectivity index is 2.19. The van der Waals surface area contributed by atoms with E-state index in [4.69, 9.17) is 0 Å². The Bertz CT molecular complexity index is 550. The van der Waals surface area contributed by atoms with Crippen LogP contribution < -0.4 is 5.32 Å². The lowest BCUT2D eigenvalue weighted by Crippen LogP contribution is -2.05. The third-order valence-electron chi connectivity index (χ3n) is 2.61. The molecular formula is C13H11BrF2N2. The summed E-state index contributed by atoms with van der Waals surface area (Å²) >= 11 is 3.04. The van der Waals surface area contributed by atoms with Gasteiger partial charge in [0.25, 0.3) is 0 Å². The van der Waals surface area contributed by atoms with Gasteiger partial charge >= 0.3 is 0 Å². The zero-order chi connectivity index (χ0) is 13.1. The van der Waals surface area contributed by atoms with Gasteiger partial charge in [-0.3, -0.25) is 4.98 Å². The van der Waals surface area contributed by atoms with E-state index in [9.17, 15) is 8.78 Å². The van der Waals surface area contributed by atoms with Crippen LogP contribution in [0.15, 0.2) is 35.1 Å². The van der Waals surface area contributed by atoms with Gasteiger partial charge in [-0.15, -0.1) is 0 Å². The maximum atomic E-state index is 13.6. The van der Waals surface area contributed by atoms with Crippen LogP contribution in [-0.2, 0) is 6.54 Å². The summed E-state index contributed by atoms with van der Waals surface area (Å²) in [6.07, 6.45) is 3.36. The number of nitrogens with one attached hydrogen (secondary N) is 1. The third-order valence-corrected chi connectivity index (χ3v) is 3.07. The van der Waals surface area contributed by atoms with Crippen molar-refractivity contribution < 1.29 is 8.78 Å². The standard InChI is InChI=1S/C13H11BrF2N2/c1-8-2-3-17-6-9(8)7-18-13-11(15)4-10(14)5-12(13)16/h2-6,18H,7H2,1H3. The van der Waals surface area contributed by atoms with E-state index in [0.717, 1.165) is 11.1 Å². The van der Waals surface area contributed by atoms with Gasteiger partial charge in [0, 0.05) is 23.4 Å². The van der Waals surface area contributed by atoms with Crippen molar-refractivity contribution in [1.29, 1.82) is 0 Å². The molecule has 1 aromatic carbocycles. The van der Waals surface area contributed by atoms with Crippen LogP contribution in [-0.4, -0.2) is 4.98 Å². The summed E-state index contributed by atoms with van der Waals surface area (Å²) in [5.74, 6) is -1.24. The summed E-state index contributed by atoms with van der Waals surface area (Å²) in [5.41, 5.74) is 1.80. The second kappa shape index (κ2) is 5.44. The molecule has 0 aliphatic heterocycles. The first-order valence-electron chi connectivity index (χ1n) is 5.36. The molecule has 0 bridgehead atoms. The van der Waals surface area contributed by atoms with Gasteiger partial charge in [-0.2, -0.15) is 0 Å². The summed E-state index contributed by atoms with van der Waals surface area (Å²) < 4.78 is 27.5. The number of halogens is 3. The van der Waals surface area contributed by atoms with Crippen LogP contribution in [0, 0.1) is 18.6 Å². The Labute approximate surface area is 112 Å².